The summed E-state index contributed by atoms with van der Waals surface area (Å²) in [7, 11) is 1.61. The molecular weight excluding hydrogens is 318 g/mol. The Bertz CT molecular complexity index is 687. The first-order chi connectivity index (χ1) is 12.0. The van der Waals surface area contributed by atoms with Crippen LogP contribution in [0.5, 0.6) is 17.4 Å². The molecule has 0 aliphatic heterocycles. The van der Waals surface area contributed by atoms with Gasteiger partial charge < -0.3 is 20.5 Å². The SMILES string of the molecule is COc1ccc(Oc2cc(CNC(=O)[C@@H](N)CC(C)C)ccn2)cc1. The molecule has 2 rings (SSSR count). The number of methoxy groups -OCH3 is 1. The number of amides is 1. The van der Waals surface area contributed by atoms with Crippen LogP contribution in [0.3, 0.4) is 0 Å². The molecule has 25 heavy (non-hydrogen) atoms. The van der Waals surface area contributed by atoms with Gasteiger partial charge in [0.05, 0.1) is 13.2 Å². The number of ether oxygens (including phenoxy) is 2. The number of nitrogens with zero attached hydrogens (tertiary/aromatic N) is 1. The van der Waals surface area contributed by atoms with Crippen molar-refractivity contribution in [3.05, 3.63) is 48.2 Å². The fourth-order valence-electron chi connectivity index (χ4n) is 2.32. The molecule has 0 spiro atoms. The highest BCUT2D eigenvalue weighted by Crippen LogP contribution is 2.22. The lowest BCUT2D eigenvalue weighted by molar-refractivity contribution is -0.122. The Morgan fingerprint density at radius 3 is 2.52 bits per heavy atom. The Morgan fingerprint density at radius 1 is 1.20 bits per heavy atom. The molecule has 0 radical (unpaired) electrons. The average Bonchev–Trinajstić information content (AvgIpc) is 2.60. The van der Waals surface area contributed by atoms with Crippen LogP contribution in [0.4, 0.5) is 0 Å². The molecule has 6 heteroatoms. The van der Waals surface area contributed by atoms with Crippen LogP contribution < -0.4 is 20.5 Å². The van der Waals surface area contributed by atoms with Gasteiger partial charge in [-0.3, -0.25) is 4.79 Å². The van der Waals surface area contributed by atoms with E-state index >= 15 is 0 Å². The minimum Gasteiger partial charge on any atom is -0.497 e. The van der Waals surface area contributed by atoms with E-state index in [0.29, 0.717) is 30.5 Å². The van der Waals surface area contributed by atoms with Crippen molar-refractivity contribution in [3.63, 3.8) is 0 Å². The summed E-state index contributed by atoms with van der Waals surface area (Å²) in [6.45, 7) is 4.46. The maximum Gasteiger partial charge on any atom is 0.237 e. The second-order valence-corrected chi connectivity index (χ2v) is 6.23. The normalized spacial score (nSPS) is 11.9. The van der Waals surface area contributed by atoms with Gasteiger partial charge in [-0.05, 0) is 48.2 Å². The van der Waals surface area contributed by atoms with Crippen molar-refractivity contribution in [2.24, 2.45) is 11.7 Å². The molecule has 3 N–H and O–H groups in total. The summed E-state index contributed by atoms with van der Waals surface area (Å²) in [5.74, 6) is 2.11. The van der Waals surface area contributed by atoms with E-state index in [1.165, 1.54) is 0 Å². The van der Waals surface area contributed by atoms with Gasteiger partial charge in [0.1, 0.15) is 11.5 Å². The van der Waals surface area contributed by atoms with Crippen LogP contribution >= 0.6 is 0 Å². The highest BCUT2D eigenvalue weighted by molar-refractivity contribution is 5.81. The van der Waals surface area contributed by atoms with E-state index in [9.17, 15) is 4.79 Å². The topological polar surface area (TPSA) is 86.5 Å². The van der Waals surface area contributed by atoms with Gasteiger partial charge in [-0.15, -0.1) is 0 Å². The van der Waals surface area contributed by atoms with Crippen LogP contribution in [0, 0.1) is 5.92 Å². The van der Waals surface area contributed by atoms with Crippen molar-refractivity contribution in [1.82, 2.24) is 10.3 Å². The van der Waals surface area contributed by atoms with Crippen LogP contribution in [0.2, 0.25) is 0 Å². The summed E-state index contributed by atoms with van der Waals surface area (Å²) in [5.41, 5.74) is 6.77. The summed E-state index contributed by atoms with van der Waals surface area (Å²) < 4.78 is 10.8. The second kappa shape index (κ2) is 9.03. The van der Waals surface area contributed by atoms with Crippen LogP contribution in [0.15, 0.2) is 42.6 Å². The molecule has 6 nitrogen and oxygen atoms in total. The second-order valence-electron chi connectivity index (χ2n) is 6.23. The van der Waals surface area contributed by atoms with Gasteiger partial charge in [0.15, 0.2) is 0 Å². The number of nitrogens with two attached hydrogens (primary N) is 1. The quantitative estimate of drug-likeness (QED) is 0.770. The lowest BCUT2D eigenvalue weighted by Gasteiger charge is -2.14. The number of benzene rings is 1. The average molecular weight is 343 g/mol. The monoisotopic (exact) mass is 343 g/mol. The van der Waals surface area contributed by atoms with Crippen molar-refractivity contribution in [1.29, 1.82) is 0 Å². The molecule has 134 valence electrons. The molecular formula is C19H25N3O3. The molecule has 0 saturated heterocycles. The number of pyridine rings is 1. The molecule has 1 heterocycles. The van der Waals surface area contributed by atoms with Crippen molar-refractivity contribution in [2.45, 2.75) is 32.9 Å². The minimum absolute atomic E-state index is 0.150. The number of rotatable bonds is 8. The van der Waals surface area contributed by atoms with Gasteiger partial charge >= 0.3 is 0 Å². The molecule has 2 aromatic rings. The summed E-state index contributed by atoms with van der Waals surface area (Å²) in [4.78, 5) is 16.2. The zero-order valence-corrected chi connectivity index (χ0v) is 14.9. The zero-order chi connectivity index (χ0) is 18.2. The van der Waals surface area contributed by atoms with Gasteiger partial charge in [0.2, 0.25) is 11.8 Å². The van der Waals surface area contributed by atoms with Gasteiger partial charge in [-0.2, -0.15) is 0 Å². The number of hydrogen-bond donors (Lipinski definition) is 2. The summed E-state index contributed by atoms with van der Waals surface area (Å²) in [5, 5.41) is 2.85. The number of hydrogen-bond acceptors (Lipinski definition) is 5. The van der Waals surface area contributed by atoms with Gasteiger partial charge in [-0.1, -0.05) is 13.8 Å². The Hall–Kier alpha value is -2.60. The van der Waals surface area contributed by atoms with E-state index in [0.717, 1.165) is 11.3 Å². The van der Waals surface area contributed by atoms with E-state index in [4.69, 9.17) is 15.2 Å². The third kappa shape index (κ3) is 6.08. The predicted molar refractivity (Wildman–Crippen MR) is 96.6 cm³/mol. The Labute approximate surface area is 148 Å². The summed E-state index contributed by atoms with van der Waals surface area (Å²) in [6.07, 6.45) is 2.31. The van der Waals surface area contributed by atoms with Crippen LogP contribution in [-0.2, 0) is 11.3 Å². The van der Waals surface area contributed by atoms with Crippen LogP contribution in [0.1, 0.15) is 25.8 Å². The van der Waals surface area contributed by atoms with Crippen molar-refractivity contribution < 1.29 is 14.3 Å². The maximum atomic E-state index is 12.0. The zero-order valence-electron chi connectivity index (χ0n) is 14.9. The molecule has 1 aromatic carbocycles. The molecule has 0 fully saturated rings. The van der Waals surface area contributed by atoms with E-state index in [1.807, 2.05) is 32.0 Å². The highest BCUT2D eigenvalue weighted by atomic mass is 16.5. The van der Waals surface area contributed by atoms with Gasteiger partial charge in [0, 0.05) is 18.8 Å². The number of carbonyl (C=O) groups excluding carboxylic acids is 1. The molecule has 1 amide bonds. The fraction of sp³-hybridized carbons (Fsp3) is 0.368. The Kier molecular flexibility index (Phi) is 6.77. The van der Waals surface area contributed by atoms with Gasteiger partial charge in [-0.25, -0.2) is 4.98 Å². The number of carbonyl (C=O) groups is 1. The maximum absolute atomic E-state index is 12.0. The molecule has 0 aliphatic rings. The first-order valence-corrected chi connectivity index (χ1v) is 8.28. The van der Waals surface area contributed by atoms with E-state index < -0.39 is 6.04 Å². The van der Waals surface area contributed by atoms with Crippen LogP contribution in [0.25, 0.3) is 0 Å². The standard InChI is InChI=1S/C19H25N3O3/c1-13(2)10-17(20)19(23)22-12-14-8-9-21-18(11-14)25-16-6-4-15(24-3)5-7-16/h4-9,11,13,17H,10,12,20H2,1-3H3,(H,22,23)/t17-/m0/s1. The fourth-order valence-corrected chi connectivity index (χ4v) is 2.32. The van der Waals surface area contributed by atoms with Gasteiger partial charge in [0.25, 0.3) is 0 Å². The summed E-state index contributed by atoms with van der Waals surface area (Å²) >= 11 is 0. The lowest BCUT2D eigenvalue weighted by atomic mass is 10.0. The summed E-state index contributed by atoms with van der Waals surface area (Å²) in [6, 6.07) is 10.4. The third-order valence-corrected chi connectivity index (χ3v) is 3.61. The van der Waals surface area contributed by atoms with Crippen molar-refractivity contribution >= 4 is 5.91 Å². The lowest BCUT2D eigenvalue weighted by Crippen LogP contribution is -2.41. The smallest absolute Gasteiger partial charge is 0.237 e. The van der Waals surface area contributed by atoms with E-state index in [2.05, 4.69) is 10.3 Å². The van der Waals surface area contributed by atoms with Crippen LogP contribution in [-0.4, -0.2) is 24.0 Å². The Balaban J connectivity index is 1.93. The van der Waals surface area contributed by atoms with Crippen molar-refractivity contribution in [2.75, 3.05) is 7.11 Å². The van der Waals surface area contributed by atoms with Crippen molar-refractivity contribution in [3.8, 4) is 17.4 Å². The van der Waals surface area contributed by atoms with E-state index in [1.54, 1.807) is 31.5 Å². The number of nitrogens with one attached hydrogen (secondary N) is 1. The number of aromatic nitrogens is 1. The minimum atomic E-state index is -0.489. The molecule has 1 aromatic heterocycles. The first kappa shape index (κ1) is 18.7. The molecule has 1 atom stereocenters. The Morgan fingerprint density at radius 2 is 1.88 bits per heavy atom. The first-order valence-electron chi connectivity index (χ1n) is 8.28. The molecule has 0 unspecified atom stereocenters. The van der Waals surface area contributed by atoms with E-state index in [-0.39, 0.29) is 5.91 Å². The molecule has 0 bridgehead atoms. The molecule has 0 saturated carbocycles. The highest BCUT2D eigenvalue weighted by Gasteiger charge is 2.14. The third-order valence-electron chi connectivity index (χ3n) is 3.61. The largest absolute Gasteiger partial charge is 0.497 e. The molecule has 0 aliphatic carbocycles. The predicted octanol–water partition coefficient (Wildman–Crippen LogP) is 2.87.